The van der Waals surface area contributed by atoms with Crippen LogP contribution in [0.4, 0.5) is 5.69 Å². The van der Waals surface area contributed by atoms with Crippen molar-refractivity contribution in [3.8, 4) is 6.07 Å². The standard InChI is InChI=1S/C17H9ClN4O3/c18-12-4-5-15-14(8-12)17(23)21-16(20-15)11(9-19)6-10-2-1-3-13(7-10)22(24)25/h1-8H,(H,20,21,23)/b11-6-. The highest BCUT2D eigenvalue weighted by atomic mass is 35.5. The smallest absolute Gasteiger partial charge is 0.270 e. The topological polar surface area (TPSA) is 113 Å². The van der Waals surface area contributed by atoms with Gasteiger partial charge in [-0.15, -0.1) is 0 Å². The van der Waals surface area contributed by atoms with Crippen molar-refractivity contribution in [3.63, 3.8) is 0 Å². The van der Waals surface area contributed by atoms with Crippen molar-refractivity contribution in [1.29, 1.82) is 5.26 Å². The molecule has 8 heteroatoms. The maximum absolute atomic E-state index is 12.2. The summed E-state index contributed by atoms with van der Waals surface area (Å²) in [4.78, 5) is 29.3. The van der Waals surface area contributed by atoms with Crippen molar-refractivity contribution in [2.24, 2.45) is 0 Å². The highest BCUT2D eigenvalue weighted by molar-refractivity contribution is 6.31. The van der Waals surface area contributed by atoms with Crippen LogP contribution in [-0.2, 0) is 0 Å². The van der Waals surface area contributed by atoms with E-state index in [2.05, 4.69) is 9.97 Å². The fourth-order valence-corrected chi connectivity index (χ4v) is 2.46. The number of aromatic amines is 1. The number of nitro groups is 1. The van der Waals surface area contributed by atoms with Gasteiger partial charge in [-0.05, 0) is 29.8 Å². The zero-order valence-electron chi connectivity index (χ0n) is 12.6. The molecule has 0 aliphatic rings. The van der Waals surface area contributed by atoms with E-state index in [-0.39, 0.29) is 17.1 Å². The van der Waals surface area contributed by atoms with Crippen LogP contribution in [0.5, 0.6) is 0 Å². The second-order valence-electron chi connectivity index (χ2n) is 5.10. The number of nitro benzene ring substituents is 1. The molecule has 0 fully saturated rings. The molecule has 7 nitrogen and oxygen atoms in total. The number of benzene rings is 2. The van der Waals surface area contributed by atoms with Gasteiger partial charge in [0.05, 0.1) is 21.4 Å². The third kappa shape index (κ3) is 3.39. The molecule has 0 aliphatic heterocycles. The average molecular weight is 353 g/mol. The monoisotopic (exact) mass is 352 g/mol. The number of nitrogens with one attached hydrogen (secondary N) is 1. The molecule has 0 saturated heterocycles. The summed E-state index contributed by atoms with van der Waals surface area (Å²) in [6.45, 7) is 0. The van der Waals surface area contributed by atoms with Crippen LogP contribution in [0.2, 0.25) is 5.02 Å². The average Bonchev–Trinajstić information content (AvgIpc) is 2.60. The zero-order chi connectivity index (χ0) is 18.0. The number of fused-ring (bicyclic) bond motifs is 1. The molecule has 122 valence electrons. The minimum Gasteiger partial charge on any atom is -0.305 e. The first-order chi connectivity index (χ1) is 12.0. The van der Waals surface area contributed by atoms with Gasteiger partial charge in [-0.25, -0.2) is 4.98 Å². The third-order valence-electron chi connectivity index (χ3n) is 3.44. The van der Waals surface area contributed by atoms with Gasteiger partial charge in [-0.1, -0.05) is 23.7 Å². The van der Waals surface area contributed by atoms with E-state index in [9.17, 15) is 20.2 Å². The molecule has 2 aromatic carbocycles. The number of nitriles is 1. The lowest BCUT2D eigenvalue weighted by Crippen LogP contribution is -2.11. The molecule has 0 amide bonds. The minimum absolute atomic E-state index is 0.0776. The van der Waals surface area contributed by atoms with Crippen LogP contribution in [-0.4, -0.2) is 14.9 Å². The van der Waals surface area contributed by atoms with Gasteiger partial charge >= 0.3 is 0 Å². The fourth-order valence-electron chi connectivity index (χ4n) is 2.29. The highest BCUT2D eigenvalue weighted by Gasteiger charge is 2.10. The number of H-pyrrole nitrogens is 1. The van der Waals surface area contributed by atoms with Crippen LogP contribution in [0.15, 0.2) is 47.3 Å². The molecular formula is C17H9ClN4O3. The van der Waals surface area contributed by atoms with Gasteiger partial charge in [0.2, 0.25) is 0 Å². The van der Waals surface area contributed by atoms with Gasteiger partial charge in [0.15, 0.2) is 5.82 Å². The number of hydrogen-bond acceptors (Lipinski definition) is 5. The molecule has 0 spiro atoms. The van der Waals surface area contributed by atoms with Gasteiger partial charge in [0.1, 0.15) is 6.07 Å². The number of allylic oxidation sites excluding steroid dienone is 1. The number of hydrogen-bond donors (Lipinski definition) is 1. The molecule has 1 N–H and O–H groups in total. The minimum atomic E-state index is -0.525. The first-order valence-electron chi connectivity index (χ1n) is 7.04. The van der Waals surface area contributed by atoms with E-state index in [1.807, 2.05) is 6.07 Å². The second-order valence-corrected chi connectivity index (χ2v) is 5.53. The van der Waals surface area contributed by atoms with Crippen molar-refractivity contribution in [2.75, 3.05) is 0 Å². The maximum Gasteiger partial charge on any atom is 0.270 e. The Bertz CT molecular complexity index is 1130. The number of halogens is 1. The van der Waals surface area contributed by atoms with Crippen LogP contribution in [0.25, 0.3) is 22.6 Å². The lowest BCUT2D eigenvalue weighted by molar-refractivity contribution is -0.384. The number of aromatic nitrogens is 2. The summed E-state index contributed by atoms with van der Waals surface area (Å²) in [6, 6.07) is 12.4. The largest absolute Gasteiger partial charge is 0.305 e. The Morgan fingerprint density at radius 3 is 2.84 bits per heavy atom. The predicted molar refractivity (Wildman–Crippen MR) is 94.0 cm³/mol. The summed E-state index contributed by atoms with van der Waals surface area (Å²) in [5.74, 6) is 0.0776. The molecule has 25 heavy (non-hydrogen) atoms. The van der Waals surface area contributed by atoms with Crippen LogP contribution in [0, 0.1) is 21.4 Å². The molecule has 3 rings (SSSR count). The maximum atomic E-state index is 12.2. The van der Waals surface area contributed by atoms with E-state index in [1.54, 1.807) is 18.2 Å². The molecule has 1 aromatic heterocycles. The highest BCUT2D eigenvalue weighted by Crippen LogP contribution is 2.20. The summed E-state index contributed by atoms with van der Waals surface area (Å²) in [7, 11) is 0. The molecular weight excluding hydrogens is 344 g/mol. The predicted octanol–water partition coefficient (Wildman–Crippen LogP) is 3.55. The molecule has 0 bridgehead atoms. The normalized spacial score (nSPS) is 11.3. The summed E-state index contributed by atoms with van der Waals surface area (Å²) in [5.41, 5.74) is 0.394. The molecule has 0 atom stereocenters. The van der Waals surface area contributed by atoms with Crippen LogP contribution < -0.4 is 5.56 Å². The Balaban J connectivity index is 2.13. The third-order valence-corrected chi connectivity index (χ3v) is 3.67. The molecule has 0 saturated carbocycles. The number of nitrogens with zero attached hydrogens (tertiary/aromatic N) is 3. The summed E-state index contributed by atoms with van der Waals surface area (Å²) >= 11 is 5.87. The Labute approximate surface area is 146 Å². The van der Waals surface area contributed by atoms with E-state index < -0.39 is 10.5 Å². The van der Waals surface area contributed by atoms with Gasteiger partial charge in [-0.3, -0.25) is 14.9 Å². The van der Waals surface area contributed by atoms with Crippen LogP contribution >= 0.6 is 11.6 Å². The Morgan fingerprint density at radius 1 is 1.32 bits per heavy atom. The Morgan fingerprint density at radius 2 is 2.12 bits per heavy atom. The molecule has 1 heterocycles. The van der Waals surface area contributed by atoms with Crippen molar-refractivity contribution in [2.45, 2.75) is 0 Å². The summed E-state index contributed by atoms with van der Waals surface area (Å²) in [5, 5.41) is 20.9. The van der Waals surface area contributed by atoms with Gasteiger partial charge in [-0.2, -0.15) is 5.26 Å². The quantitative estimate of drug-likeness (QED) is 0.440. The molecule has 3 aromatic rings. The van der Waals surface area contributed by atoms with E-state index in [0.717, 1.165) is 0 Å². The Kier molecular flexibility index (Phi) is 4.29. The SMILES string of the molecule is N#C/C(=C/c1cccc([N+](=O)[O-])c1)c1nc2ccc(Cl)cc2c(=O)[nH]1. The molecule has 0 radical (unpaired) electrons. The van der Waals surface area contributed by atoms with Crippen molar-refractivity contribution in [1.82, 2.24) is 9.97 Å². The number of rotatable bonds is 3. The summed E-state index contributed by atoms with van der Waals surface area (Å²) < 4.78 is 0. The summed E-state index contributed by atoms with van der Waals surface area (Å²) in [6.07, 6.45) is 1.42. The van der Waals surface area contributed by atoms with E-state index >= 15 is 0 Å². The lowest BCUT2D eigenvalue weighted by atomic mass is 10.1. The molecule has 0 aliphatic carbocycles. The van der Waals surface area contributed by atoms with E-state index in [4.69, 9.17) is 11.6 Å². The van der Waals surface area contributed by atoms with Crippen molar-refractivity contribution < 1.29 is 4.92 Å². The first kappa shape index (κ1) is 16.4. The first-order valence-corrected chi connectivity index (χ1v) is 7.42. The van der Waals surface area contributed by atoms with Gasteiger partial charge in [0.25, 0.3) is 11.2 Å². The lowest BCUT2D eigenvalue weighted by Gasteiger charge is -2.03. The van der Waals surface area contributed by atoms with E-state index in [0.29, 0.717) is 21.5 Å². The van der Waals surface area contributed by atoms with E-state index in [1.165, 1.54) is 30.3 Å². The van der Waals surface area contributed by atoms with Crippen molar-refractivity contribution >= 4 is 39.8 Å². The zero-order valence-corrected chi connectivity index (χ0v) is 13.3. The number of non-ortho nitro benzene ring substituents is 1. The Hall–Kier alpha value is -3.50. The van der Waals surface area contributed by atoms with Crippen LogP contribution in [0.3, 0.4) is 0 Å². The van der Waals surface area contributed by atoms with Gasteiger partial charge < -0.3 is 4.98 Å². The van der Waals surface area contributed by atoms with Gasteiger partial charge in [0, 0.05) is 17.2 Å². The van der Waals surface area contributed by atoms with Crippen molar-refractivity contribution in [3.05, 3.63) is 79.3 Å². The molecule has 0 unspecified atom stereocenters. The van der Waals surface area contributed by atoms with Crippen LogP contribution in [0.1, 0.15) is 11.4 Å². The second kappa shape index (κ2) is 6.55. The fraction of sp³-hybridized carbons (Fsp3) is 0.